The number of aryl methyl sites for hydroxylation is 1. The van der Waals surface area contributed by atoms with Crippen molar-refractivity contribution in [2.75, 3.05) is 6.61 Å². The Labute approximate surface area is 102 Å². The average Bonchev–Trinajstić information content (AvgIpc) is 2.92. The second-order valence-corrected chi connectivity index (χ2v) is 4.70. The molecule has 1 aromatic rings. The highest BCUT2D eigenvalue weighted by molar-refractivity contribution is 5.09. The molecule has 1 aliphatic carbocycles. The quantitative estimate of drug-likeness (QED) is 0.599. The van der Waals surface area contributed by atoms with Crippen molar-refractivity contribution in [3.05, 3.63) is 18.2 Å². The number of rotatable bonds is 5. The number of nitrogens with two attached hydrogens (primary N) is 1. The standard InChI is InChI=1S/C12H22N4O/c1-3-17-12(6-4-5-7-12)10(15-13)11-14-8-9-16(11)2/h8-10,15H,3-7,13H2,1-2H3. The first-order valence-corrected chi connectivity index (χ1v) is 6.31. The largest absolute Gasteiger partial charge is 0.373 e. The smallest absolute Gasteiger partial charge is 0.129 e. The summed E-state index contributed by atoms with van der Waals surface area (Å²) in [6, 6.07) is -0.0371. The Bertz CT molecular complexity index is 357. The van der Waals surface area contributed by atoms with Crippen molar-refractivity contribution < 1.29 is 4.74 Å². The van der Waals surface area contributed by atoms with Crippen molar-refractivity contribution in [2.24, 2.45) is 12.9 Å². The van der Waals surface area contributed by atoms with Gasteiger partial charge in [0.05, 0.1) is 5.60 Å². The van der Waals surface area contributed by atoms with Gasteiger partial charge in [-0.2, -0.15) is 0 Å². The first-order chi connectivity index (χ1) is 8.23. The summed E-state index contributed by atoms with van der Waals surface area (Å²) in [7, 11) is 1.99. The third-order valence-corrected chi connectivity index (χ3v) is 3.69. The van der Waals surface area contributed by atoms with Crippen LogP contribution in [-0.2, 0) is 11.8 Å². The lowest BCUT2D eigenvalue weighted by Gasteiger charge is -2.36. The second kappa shape index (κ2) is 5.16. The predicted molar refractivity (Wildman–Crippen MR) is 66.1 cm³/mol. The second-order valence-electron chi connectivity index (χ2n) is 4.70. The van der Waals surface area contributed by atoms with Gasteiger partial charge in [-0.05, 0) is 19.8 Å². The molecule has 1 unspecified atom stereocenters. The van der Waals surface area contributed by atoms with E-state index in [0.717, 1.165) is 18.7 Å². The Morgan fingerprint density at radius 2 is 2.29 bits per heavy atom. The summed E-state index contributed by atoms with van der Waals surface area (Å²) in [5.41, 5.74) is 2.71. The molecule has 17 heavy (non-hydrogen) atoms. The molecule has 5 heteroatoms. The van der Waals surface area contributed by atoms with Crippen LogP contribution in [0.25, 0.3) is 0 Å². The van der Waals surface area contributed by atoms with E-state index in [1.165, 1.54) is 12.8 Å². The summed E-state index contributed by atoms with van der Waals surface area (Å²) in [5, 5.41) is 0. The van der Waals surface area contributed by atoms with Crippen molar-refractivity contribution >= 4 is 0 Å². The van der Waals surface area contributed by atoms with Gasteiger partial charge in [-0.15, -0.1) is 0 Å². The Hall–Kier alpha value is -0.910. The maximum Gasteiger partial charge on any atom is 0.129 e. The lowest BCUT2D eigenvalue weighted by molar-refractivity contribution is -0.0652. The third-order valence-electron chi connectivity index (χ3n) is 3.69. The number of hydrogen-bond acceptors (Lipinski definition) is 4. The molecule has 1 aromatic heterocycles. The number of hydrazine groups is 1. The summed E-state index contributed by atoms with van der Waals surface area (Å²) < 4.78 is 8.03. The number of ether oxygens (including phenoxy) is 1. The highest BCUT2D eigenvalue weighted by atomic mass is 16.5. The monoisotopic (exact) mass is 238 g/mol. The highest BCUT2D eigenvalue weighted by Gasteiger charge is 2.44. The fourth-order valence-electron chi connectivity index (χ4n) is 2.89. The van der Waals surface area contributed by atoms with Gasteiger partial charge >= 0.3 is 0 Å². The molecule has 1 aliphatic rings. The van der Waals surface area contributed by atoms with Crippen molar-refractivity contribution in [1.82, 2.24) is 15.0 Å². The van der Waals surface area contributed by atoms with Gasteiger partial charge in [0.1, 0.15) is 11.9 Å². The number of nitrogens with zero attached hydrogens (tertiary/aromatic N) is 2. The van der Waals surface area contributed by atoms with Crippen LogP contribution in [0.1, 0.15) is 44.5 Å². The van der Waals surface area contributed by atoms with E-state index in [0.29, 0.717) is 6.61 Å². The van der Waals surface area contributed by atoms with Gasteiger partial charge in [0.25, 0.3) is 0 Å². The molecule has 1 fully saturated rings. The van der Waals surface area contributed by atoms with E-state index in [1.54, 1.807) is 6.20 Å². The molecule has 0 bridgehead atoms. The Morgan fingerprint density at radius 1 is 1.59 bits per heavy atom. The van der Waals surface area contributed by atoms with Gasteiger partial charge < -0.3 is 9.30 Å². The molecule has 0 aliphatic heterocycles. The van der Waals surface area contributed by atoms with E-state index in [-0.39, 0.29) is 11.6 Å². The minimum absolute atomic E-state index is 0.0371. The summed E-state index contributed by atoms with van der Waals surface area (Å²) >= 11 is 0. The van der Waals surface area contributed by atoms with Gasteiger partial charge in [-0.25, -0.2) is 10.4 Å². The normalized spacial score (nSPS) is 20.6. The van der Waals surface area contributed by atoms with E-state index >= 15 is 0 Å². The van der Waals surface area contributed by atoms with E-state index < -0.39 is 0 Å². The topological polar surface area (TPSA) is 65.1 Å². The van der Waals surface area contributed by atoms with Gasteiger partial charge in [-0.3, -0.25) is 5.84 Å². The van der Waals surface area contributed by atoms with Crippen LogP contribution in [0.15, 0.2) is 12.4 Å². The minimum atomic E-state index is -0.192. The average molecular weight is 238 g/mol. The first kappa shape index (κ1) is 12.5. The maximum atomic E-state index is 6.03. The SMILES string of the molecule is CCOC1(C(NN)c2nccn2C)CCCC1. The van der Waals surface area contributed by atoms with Crippen molar-refractivity contribution in [3.8, 4) is 0 Å². The van der Waals surface area contributed by atoms with Crippen LogP contribution in [0, 0.1) is 0 Å². The number of hydrogen-bond donors (Lipinski definition) is 2. The lowest BCUT2D eigenvalue weighted by Crippen LogP contribution is -2.48. The lowest BCUT2D eigenvalue weighted by atomic mass is 9.91. The van der Waals surface area contributed by atoms with Crippen LogP contribution in [0.3, 0.4) is 0 Å². The van der Waals surface area contributed by atoms with Crippen LogP contribution in [0.2, 0.25) is 0 Å². The Balaban J connectivity index is 2.29. The molecule has 0 spiro atoms. The van der Waals surface area contributed by atoms with E-state index in [1.807, 2.05) is 24.7 Å². The number of imidazole rings is 1. The molecule has 0 radical (unpaired) electrons. The van der Waals surface area contributed by atoms with Crippen molar-refractivity contribution in [3.63, 3.8) is 0 Å². The zero-order chi connectivity index (χ0) is 12.3. The summed E-state index contributed by atoms with van der Waals surface area (Å²) in [4.78, 5) is 4.40. The molecule has 0 amide bonds. The summed E-state index contributed by atoms with van der Waals surface area (Å²) in [6.07, 6.45) is 8.22. The Morgan fingerprint density at radius 3 is 2.76 bits per heavy atom. The minimum Gasteiger partial charge on any atom is -0.373 e. The number of nitrogens with one attached hydrogen (secondary N) is 1. The molecule has 96 valence electrons. The molecule has 1 atom stereocenters. The van der Waals surface area contributed by atoms with Gasteiger partial charge in [0.2, 0.25) is 0 Å². The first-order valence-electron chi connectivity index (χ1n) is 6.31. The summed E-state index contributed by atoms with van der Waals surface area (Å²) in [5.74, 6) is 6.69. The molecule has 1 heterocycles. The van der Waals surface area contributed by atoms with Crippen molar-refractivity contribution in [1.29, 1.82) is 0 Å². The van der Waals surface area contributed by atoms with E-state index in [9.17, 15) is 0 Å². The zero-order valence-corrected chi connectivity index (χ0v) is 10.6. The van der Waals surface area contributed by atoms with Gasteiger partial charge in [-0.1, -0.05) is 12.8 Å². The molecular formula is C12H22N4O. The van der Waals surface area contributed by atoms with Crippen LogP contribution in [-0.4, -0.2) is 21.8 Å². The molecule has 5 nitrogen and oxygen atoms in total. The maximum absolute atomic E-state index is 6.03. The van der Waals surface area contributed by atoms with Gasteiger partial charge in [0.15, 0.2) is 0 Å². The van der Waals surface area contributed by atoms with Crippen molar-refractivity contribution in [2.45, 2.75) is 44.2 Å². The molecule has 2 rings (SSSR count). The zero-order valence-electron chi connectivity index (χ0n) is 10.6. The molecule has 0 aromatic carbocycles. The van der Waals surface area contributed by atoms with E-state index in [4.69, 9.17) is 10.6 Å². The van der Waals surface area contributed by atoms with Crippen LogP contribution in [0.4, 0.5) is 0 Å². The van der Waals surface area contributed by atoms with E-state index in [2.05, 4.69) is 10.4 Å². The molecule has 3 N–H and O–H groups in total. The Kier molecular flexibility index (Phi) is 3.81. The van der Waals surface area contributed by atoms with Crippen LogP contribution < -0.4 is 11.3 Å². The fraction of sp³-hybridized carbons (Fsp3) is 0.750. The molecule has 0 saturated heterocycles. The predicted octanol–water partition coefficient (Wildman–Crippen LogP) is 1.27. The number of aromatic nitrogens is 2. The van der Waals surface area contributed by atoms with Crippen LogP contribution in [0.5, 0.6) is 0 Å². The molecular weight excluding hydrogens is 216 g/mol. The van der Waals surface area contributed by atoms with Gasteiger partial charge in [0, 0.05) is 26.0 Å². The highest BCUT2D eigenvalue weighted by Crippen LogP contribution is 2.42. The fourth-order valence-corrected chi connectivity index (χ4v) is 2.89. The molecule has 1 saturated carbocycles. The third kappa shape index (κ3) is 2.22. The van der Waals surface area contributed by atoms with Crippen LogP contribution >= 0.6 is 0 Å². The summed E-state index contributed by atoms with van der Waals surface area (Å²) in [6.45, 7) is 2.74.